The van der Waals surface area contributed by atoms with Crippen LogP contribution in [-0.4, -0.2) is 26.3 Å². The summed E-state index contributed by atoms with van der Waals surface area (Å²) in [6.07, 6.45) is -5.27. The highest BCUT2D eigenvalue weighted by Gasteiger charge is 2.38. The molecule has 0 aliphatic rings. The largest absolute Gasteiger partial charge is 0.493 e. The van der Waals surface area contributed by atoms with Crippen LogP contribution in [0.3, 0.4) is 0 Å². The quantitative estimate of drug-likeness (QED) is 0.684. The molecule has 0 aromatic heterocycles. The first-order chi connectivity index (χ1) is 9.63. The van der Waals surface area contributed by atoms with Crippen molar-refractivity contribution in [2.45, 2.75) is 26.1 Å². The van der Waals surface area contributed by atoms with Gasteiger partial charge in [-0.1, -0.05) is 0 Å². The van der Waals surface area contributed by atoms with E-state index in [0.717, 1.165) is 7.11 Å². The molecule has 0 saturated heterocycles. The van der Waals surface area contributed by atoms with Crippen LogP contribution < -0.4 is 15.2 Å². The van der Waals surface area contributed by atoms with Crippen LogP contribution in [0.1, 0.15) is 29.8 Å². The van der Waals surface area contributed by atoms with Crippen molar-refractivity contribution in [3.05, 3.63) is 17.2 Å². The predicted molar refractivity (Wildman–Crippen MR) is 69.5 cm³/mol. The van der Waals surface area contributed by atoms with Crippen molar-refractivity contribution in [2.75, 3.05) is 20.0 Å². The highest BCUT2D eigenvalue weighted by atomic mass is 19.4. The third kappa shape index (κ3) is 3.50. The van der Waals surface area contributed by atoms with Crippen molar-refractivity contribution in [1.29, 1.82) is 0 Å². The lowest BCUT2D eigenvalue weighted by molar-refractivity contribution is -0.137. The van der Waals surface area contributed by atoms with Crippen molar-refractivity contribution in [3.63, 3.8) is 0 Å². The topological polar surface area (TPSA) is 70.8 Å². The Labute approximate surface area is 119 Å². The lowest BCUT2D eigenvalue weighted by atomic mass is 10.0. The summed E-state index contributed by atoms with van der Waals surface area (Å²) in [5.41, 5.74) is 3.04. The fourth-order valence-corrected chi connectivity index (χ4v) is 1.72. The first-order valence-electron chi connectivity index (χ1n) is 5.96. The van der Waals surface area contributed by atoms with Gasteiger partial charge < -0.3 is 19.9 Å². The highest BCUT2D eigenvalue weighted by molar-refractivity contribution is 6.00. The number of methoxy groups -OCH3 is 2. The van der Waals surface area contributed by atoms with Gasteiger partial charge in [-0.05, 0) is 19.9 Å². The van der Waals surface area contributed by atoms with Gasteiger partial charge in [0.1, 0.15) is 5.56 Å². The van der Waals surface area contributed by atoms with Crippen LogP contribution >= 0.6 is 0 Å². The standard InChI is InChI=1S/C13H16F3NO4/c1-6(2)21-12(18)9-10(17)7(13(14,15)16)5-8(19-3)11(9)20-4/h5-6H,17H2,1-4H3. The molecule has 0 aliphatic carbocycles. The number of ether oxygens (including phenoxy) is 3. The van der Waals surface area contributed by atoms with Gasteiger partial charge in [-0.2, -0.15) is 13.2 Å². The van der Waals surface area contributed by atoms with Gasteiger partial charge in [0.2, 0.25) is 0 Å². The van der Waals surface area contributed by atoms with Crippen molar-refractivity contribution in [3.8, 4) is 11.5 Å². The maximum atomic E-state index is 13.0. The summed E-state index contributed by atoms with van der Waals surface area (Å²) in [5.74, 6) is -1.47. The molecule has 0 heterocycles. The molecule has 0 bridgehead atoms. The third-order valence-electron chi connectivity index (χ3n) is 2.56. The molecule has 1 rings (SSSR count). The van der Waals surface area contributed by atoms with Crippen molar-refractivity contribution >= 4 is 11.7 Å². The Morgan fingerprint density at radius 3 is 2.19 bits per heavy atom. The number of anilines is 1. The van der Waals surface area contributed by atoms with E-state index in [1.165, 1.54) is 7.11 Å². The molecular weight excluding hydrogens is 291 g/mol. The number of carbonyl (C=O) groups excluding carboxylic acids is 1. The molecule has 5 nitrogen and oxygen atoms in total. The Balaban J connectivity index is 3.61. The first kappa shape index (κ1) is 16.9. The van der Waals surface area contributed by atoms with E-state index in [1.54, 1.807) is 13.8 Å². The summed E-state index contributed by atoms with van der Waals surface area (Å²) in [5, 5.41) is 0. The van der Waals surface area contributed by atoms with E-state index in [1.807, 2.05) is 0 Å². The summed E-state index contributed by atoms with van der Waals surface area (Å²) in [4.78, 5) is 12.0. The monoisotopic (exact) mass is 307 g/mol. The zero-order valence-corrected chi connectivity index (χ0v) is 12.0. The summed E-state index contributed by atoms with van der Waals surface area (Å²) >= 11 is 0. The minimum atomic E-state index is -4.74. The molecule has 1 aromatic rings. The van der Waals surface area contributed by atoms with E-state index < -0.39 is 35.1 Å². The van der Waals surface area contributed by atoms with E-state index in [0.29, 0.717) is 6.07 Å². The van der Waals surface area contributed by atoms with Crippen LogP contribution in [0.25, 0.3) is 0 Å². The average molecular weight is 307 g/mol. The summed E-state index contributed by atoms with van der Waals surface area (Å²) in [7, 11) is 2.35. The maximum absolute atomic E-state index is 13.0. The van der Waals surface area contributed by atoms with E-state index in [9.17, 15) is 18.0 Å². The van der Waals surface area contributed by atoms with Gasteiger partial charge in [-0.25, -0.2) is 4.79 Å². The fourth-order valence-electron chi connectivity index (χ4n) is 1.72. The van der Waals surface area contributed by atoms with Crippen LogP contribution in [0.5, 0.6) is 11.5 Å². The number of halogens is 3. The van der Waals surface area contributed by atoms with Gasteiger partial charge in [0, 0.05) is 0 Å². The average Bonchev–Trinajstić information content (AvgIpc) is 2.35. The van der Waals surface area contributed by atoms with Gasteiger partial charge in [0.25, 0.3) is 0 Å². The van der Waals surface area contributed by atoms with Crippen molar-refractivity contribution in [2.24, 2.45) is 0 Å². The SMILES string of the molecule is COc1cc(C(F)(F)F)c(N)c(C(=O)OC(C)C)c1OC. The van der Waals surface area contributed by atoms with Gasteiger partial charge in [0.05, 0.1) is 31.6 Å². The third-order valence-corrected chi connectivity index (χ3v) is 2.56. The molecule has 0 unspecified atom stereocenters. The minimum absolute atomic E-state index is 0.200. The normalized spacial score (nSPS) is 11.4. The molecule has 0 aliphatic heterocycles. The van der Waals surface area contributed by atoms with Crippen LogP contribution in [-0.2, 0) is 10.9 Å². The Bertz CT molecular complexity index is 541. The second-order valence-corrected chi connectivity index (χ2v) is 4.40. The van der Waals surface area contributed by atoms with Gasteiger partial charge in [-0.3, -0.25) is 0 Å². The molecule has 0 radical (unpaired) electrons. The molecule has 0 amide bonds. The Hall–Kier alpha value is -2.12. The Morgan fingerprint density at radius 2 is 1.81 bits per heavy atom. The van der Waals surface area contributed by atoms with Gasteiger partial charge in [0.15, 0.2) is 11.5 Å². The van der Waals surface area contributed by atoms with E-state index in [-0.39, 0.29) is 11.5 Å². The molecule has 0 atom stereocenters. The van der Waals surface area contributed by atoms with Crippen LogP contribution in [0, 0.1) is 0 Å². The van der Waals surface area contributed by atoms with Crippen molar-refractivity contribution < 1.29 is 32.2 Å². The number of alkyl halides is 3. The second-order valence-electron chi connectivity index (χ2n) is 4.40. The van der Waals surface area contributed by atoms with Gasteiger partial charge in [-0.15, -0.1) is 0 Å². The molecule has 1 aromatic carbocycles. The molecule has 2 N–H and O–H groups in total. The van der Waals surface area contributed by atoms with E-state index in [2.05, 4.69) is 0 Å². The molecule has 0 fully saturated rings. The van der Waals surface area contributed by atoms with Crippen molar-refractivity contribution in [1.82, 2.24) is 0 Å². The lowest BCUT2D eigenvalue weighted by Gasteiger charge is -2.19. The number of hydrogen-bond donors (Lipinski definition) is 1. The number of carbonyl (C=O) groups is 1. The molecule has 0 saturated carbocycles. The highest BCUT2D eigenvalue weighted by Crippen LogP contribution is 2.44. The van der Waals surface area contributed by atoms with Crippen LogP contribution in [0.4, 0.5) is 18.9 Å². The summed E-state index contributed by atoms with van der Waals surface area (Å²) in [6, 6.07) is 0.681. The number of rotatable bonds is 4. The minimum Gasteiger partial charge on any atom is -0.493 e. The lowest BCUT2D eigenvalue weighted by Crippen LogP contribution is -2.18. The fraction of sp³-hybridized carbons (Fsp3) is 0.462. The smallest absolute Gasteiger partial charge is 0.418 e. The second kappa shape index (κ2) is 6.11. The molecule has 21 heavy (non-hydrogen) atoms. The molecular formula is C13H16F3NO4. The summed E-state index contributed by atoms with van der Waals surface area (Å²) in [6.45, 7) is 3.12. The van der Waals surface area contributed by atoms with Crippen LogP contribution in [0.15, 0.2) is 6.07 Å². The van der Waals surface area contributed by atoms with Gasteiger partial charge >= 0.3 is 12.1 Å². The molecule has 8 heteroatoms. The number of nitrogen functional groups attached to an aromatic ring is 1. The zero-order chi connectivity index (χ0) is 16.4. The molecule has 0 spiro atoms. The number of nitrogens with two attached hydrogens (primary N) is 1. The molecule has 118 valence electrons. The first-order valence-corrected chi connectivity index (χ1v) is 5.96. The number of benzene rings is 1. The predicted octanol–water partition coefficient (Wildman–Crippen LogP) is 2.87. The number of esters is 1. The van der Waals surface area contributed by atoms with E-state index in [4.69, 9.17) is 19.9 Å². The number of hydrogen-bond acceptors (Lipinski definition) is 5. The zero-order valence-electron chi connectivity index (χ0n) is 12.0. The summed E-state index contributed by atoms with van der Waals surface area (Å²) < 4.78 is 53.6. The van der Waals surface area contributed by atoms with Crippen LogP contribution in [0.2, 0.25) is 0 Å². The Kier molecular flexibility index (Phi) is 4.93. The van der Waals surface area contributed by atoms with E-state index >= 15 is 0 Å². The maximum Gasteiger partial charge on any atom is 0.418 e. The Morgan fingerprint density at radius 1 is 1.24 bits per heavy atom.